The van der Waals surface area contributed by atoms with E-state index in [1.807, 2.05) is 0 Å². The molecule has 2 fully saturated rings. The van der Waals surface area contributed by atoms with Gasteiger partial charge in [-0.15, -0.1) is 0 Å². The number of nitrogens with zero attached hydrogens (tertiary/aromatic N) is 5. The molecule has 1 saturated heterocycles. The highest BCUT2D eigenvalue weighted by molar-refractivity contribution is 7.86. The van der Waals surface area contributed by atoms with Gasteiger partial charge in [0.15, 0.2) is 0 Å². The number of rotatable bonds is 4. The van der Waals surface area contributed by atoms with Crippen LogP contribution in [-0.2, 0) is 17.3 Å². The molecule has 27 heavy (non-hydrogen) atoms. The molecular weight excluding hydrogens is 370 g/mol. The van der Waals surface area contributed by atoms with Gasteiger partial charge in [-0.3, -0.25) is 9.59 Å². The summed E-state index contributed by atoms with van der Waals surface area (Å²) in [6, 6.07) is 2.78. The minimum absolute atomic E-state index is 0.0678. The van der Waals surface area contributed by atoms with Crippen LogP contribution in [-0.4, -0.2) is 76.9 Å². The Bertz CT molecular complexity index is 839. The number of carbonyl (C=O) groups excluding carboxylic acids is 1. The highest BCUT2D eigenvalue weighted by atomic mass is 32.2. The molecule has 1 saturated carbocycles. The van der Waals surface area contributed by atoms with Gasteiger partial charge in [0, 0.05) is 52.4 Å². The largest absolute Gasteiger partial charge is 0.335 e. The van der Waals surface area contributed by atoms with E-state index < -0.39 is 10.2 Å². The Kier molecular flexibility index (Phi) is 5.97. The number of hydrogen-bond acceptors (Lipinski definition) is 5. The van der Waals surface area contributed by atoms with Crippen molar-refractivity contribution in [2.45, 2.75) is 38.1 Å². The van der Waals surface area contributed by atoms with Crippen molar-refractivity contribution < 1.29 is 13.2 Å². The average Bonchev–Trinajstić information content (AvgIpc) is 2.69. The van der Waals surface area contributed by atoms with E-state index in [0.717, 1.165) is 30.4 Å². The van der Waals surface area contributed by atoms with Gasteiger partial charge in [0.05, 0.1) is 0 Å². The van der Waals surface area contributed by atoms with Gasteiger partial charge in [-0.25, -0.2) is 4.68 Å². The van der Waals surface area contributed by atoms with Crippen molar-refractivity contribution in [2.75, 3.05) is 33.2 Å². The molecule has 0 atom stereocenters. The van der Waals surface area contributed by atoms with E-state index in [0.29, 0.717) is 13.1 Å². The lowest BCUT2D eigenvalue weighted by Crippen LogP contribution is -2.55. The minimum Gasteiger partial charge on any atom is -0.335 e. The fourth-order valence-electron chi connectivity index (χ4n) is 3.72. The lowest BCUT2D eigenvalue weighted by molar-refractivity contribution is 0.0684. The molecule has 2 heterocycles. The van der Waals surface area contributed by atoms with E-state index in [-0.39, 0.29) is 36.3 Å². The van der Waals surface area contributed by atoms with Crippen LogP contribution >= 0.6 is 0 Å². The quantitative estimate of drug-likeness (QED) is 0.715. The van der Waals surface area contributed by atoms with Crippen molar-refractivity contribution in [3.63, 3.8) is 0 Å². The van der Waals surface area contributed by atoms with Crippen molar-refractivity contribution in [1.82, 2.24) is 23.3 Å². The summed E-state index contributed by atoms with van der Waals surface area (Å²) in [5, 5.41) is 3.98. The fraction of sp³-hybridized carbons (Fsp3) is 0.706. The smallest absolute Gasteiger partial charge is 0.282 e. The number of amides is 1. The standard InChI is InChI=1S/C17H27N5O4S/c1-19-16(23)9-8-15(18-19)17(24)21-10-12-22(13-11-21)27(25,26)20(2)14-6-4-3-5-7-14/h8-9,14H,3-7,10-13H2,1-2H3. The van der Waals surface area contributed by atoms with Crippen molar-refractivity contribution in [2.24, 2.45) is 7.05 Å². The summed E-state index contributed by atoms with van der Waals surface area (Å²) in [6.07, 6.45) is 5.13. The first-order chi connectivity index (χ1) is 12.8. The molecule has 1 aliphatic carbocycles. The highest BCUT2D eigenvalue weighted by Crippen LogP contribution is 2.25. The summed E-state index contributed by atoms with van der Waals surface area (Å²) in [5.41, 5.74) is -0.0963. The maximum Gasteiger partial charge on any atom is 0.282 e. The summed E-state index contributed by atoms with van der Waals surface area (Å²) < 4.78 is 29.9. The zero-order chi connectivity index (χ0) is 19.6. The third-order valence-electron chi connectivity index (χ3n) is 5.48. The summed E-state index contributed by atoms with van der Waals surface area (Å²) in [5.74, 6) is -0.289. The second-order valence-electron chi connectivity index (χ2n) is 7.19. The molecule has 9 nitrogen and oxygen atoms in total. The van der Waals surface area contributed by atoms with Crippen LogP contribution in [0.25, 0.3) is 0 Å². The molecule has 0 aromatic carbocycles. The first kappa shape index (κ1) is 20.0. The Morgan fingerprint density at radius 2 is 1.74 bits per heavy atom. The molecule has 150 valence electrons. The first-order valence-electron chi connectivity index (χ1n) is 9.37. The van der Waals surface area contributed by atoms with Gasteiger partial charge in [-0.1, -0.05) is 19.3 Å². The van der Waals surface area contributed by atoms with Crippen LogP contribution in [0.15, 0.2) is 16.9 Å². The number of hydrogen-bond donors (Lipinski definition) is 0. The topological polar surface area (TPSA) is 95.8 Å². The SMILES string of the molecule is CN(C1CCCCC1)S(=O)(=O)N1CCN(C(=O)c2ccc(=O)n(C)n2)CC1. The van der Waals surface area contributed by atoms with Crippen LogP contribution in [0.1, 0.15) is 42.6 Å². The molecule has 0 unspecified atom stereocenters. The van der Waals surface area contributed by atoms with Crippen molar-refractivity contribution in [3.05, 3.63) is 28.2 Å². The lowest BCUT2D eigenvalue weighted by atomic mass is 9.96. The molecule has 0 radical (unpaired) electrons. The van der Waals surface area contributed by atoms with E-state index in [9.17, 15) is 18.0 Å². The van der Waals surface area contributed by atoms with Gasteiger partial charge in [0.1, 0.15) is 5.69 Å². The predicted molar refractivity (Wildman–Crippen MR) is 101 cm³/mol. The zero-order valence-electron chi connectivity index (χ0n) is 15.9. The zero-order valence-corrected chi connectivity index (χ0v) is 16.7. The molecule has 3 rings (SSSR count). The number of aryl methyl sites for hydroxylation is 1. The molecule has 1 aromatic heterocycles. The van der Waals surface area contributed by atoms with Crippen LogP contribution in [0, 0.1) is 0 Å². The van der Waals surface area contributed by atoms with Crippen LogP contribution in [0.4, 0.5) is 0 Å². The maximum absolute atomic E-state index is 12.9. The van der Waals surface area contributed by atoms with E-state index in [2.05, 4.69) is 5.10 Å². The number of carbonyl (C=O) groups is 1. The Hall–Kier alpha value is -1.78. The Morgan fingerprint density at radius 3 is 2.33 bits per heavy atom. The van der Waals surface area contributed by atoms with Gasteiger partial charge < -0.3 is 4.90 Å². The van der Waals surface area contributed by atoms with Crippen molar-refractivity contribution in [1.29, 1.82) is 0 Å². The van der Waals surface area contributed by atoms with Crippen LogP contribution in [0.2, 0.25) is 0 Å². The maximum atomic E-state index is 12.9. The summed E-state index contributed by atoms with van der Waals surface area (Å²) in [4.78, 5) is 25.6. The first-order valence-corrected chi connectivity index (χ1v) is 10.8. The summed E-state index contributed by atoms with van der Waals surface area (Å²) in [7, 11) is -0.365. The number of piperazine rings is 1. The van der Waals surface area contributed by atoms with Gasteiger partial charge in [-0.05, 0) is 18.9 Å². The molecular formula is C17H27N5O4S. The molecule has 0 N–H and O–H groups in total. The normalized spacial score (nSPS) is 20.2. The molecule has 2 aliphatic rings. The fourth-order valence-corrected chi connectivity index (χ4v) is 5.29. The third-order valence-corrected chi connectivity index (χ3v) is 7.53. The minimum atomic E-state index is -3.52. The van der Waals surface area contributed by atoms with Gasteiger partial charge in [0.25, 0.3) is 21.7 Å². The van der Waals surface area contributed by atoms with Crippen LogP contribution < -0.4 is 5.56 Å². The monoisotopic (exact) mass is 397 g/mol. The van der Waals surface area contributed by atoms with E-state index in [1.165, 1.54) is 34.2 Å². The molecule has 1 aromatic rings. The second kappa shape index (κ2) is 8.07. The van der Waals surface area contributed by atoms with Crippen molar-refractivity contribution in [3.8, 4) is 0 Å². The molecule has 1 aliphatic heterocycles. The van der Waals surface area contributed by atoms with Gasteiger partial charge in [-0.2, -0.15) is 22.1 Å². The van der Waals surface area contributed by atoms with E-state index in [1.54, 1.807) is 11.9 Å². The molecule has 0 spiro atoms. The van der Waals surface area contributed by atoms with Crippen LogP contribution in [0.5, 0.6) is 0 Å². The molecule has 0 bridgehead atoms. The highest BCUT2D eigenvalue weighted by Gasteiger charge is 2.35. The summed E-state index contributed by atoms with van der Waals surface area (Å²) >= 11 is 0. The van der Waals surface area contributed by atoms with E-state index >= 15 is 0 Å². The third kappa shape index (κ3) is 4.22. The van der Waals surface area contributed by atoms with E-state index in [4.69, 9.17) is 0 Å². The van der Waals surface area contributed by atoms with Crippen molar-refractivity contribution >= 4 is 16.1 Å². The Balaban J connectivity index is 1.62. The van der Waals surface area contributed by atoms with Gasteiger partial charge >= 0.3 is 0 Å². The second-order valence-corrected chi connectivity index (χ2v) is 9.18. The summed E-state index contributed by atoms with van der Waals surface area (Å²) in [6.45, 7) is 1.13. The van der Waals surface area contributed by atoms with Gasteiger partial charge in [0.2, 0.25) is 0 Å². The number of aromatic nitrogens is 2. The predicted octanol–water partition coefficient (Wildman–Crippen LogP) is 0.0474. The lowest BCUT2D eigenvalue weighted by Gasteiger charge is -2.38. The molecule has 1 amide bonds. The van der Waals surface area contributed by atoms with Crippen LogP contribution in [0.3, 0.4) is 0 Å². The average molecular weight is 398 g/mol. The Morgan fingerprint density at radius 1 is 1.11 bits per heavy atom. The molecule has 10 heteroatoms. The Labute approximate surface area is 159 Å².